The zero-order valence-electron chi connectivity index (χ0n) is 12.1. The van der Waals surface area contributed by atoms with E-state index in [2.05, 4.69) is 5.32 Å². The standard InChI is InChI=1S/C17H17NO4/c1-11(10-16(20)21)12-6-8-13(9-7-12)18-17(22)14-4-2-3-5-15(14)19/h2-9,11,19H,10H2,1H3,(H,18,22)(H,20,21). The number of aromatic hydroxyl groups is 1. The molecule has 0 aliphatic rings. The second-order valence-corrected chi connectivity index (χ2v) is 5.09. The predicted molar refractivity (Wildman–Crippen MR) is 83.2 cm³/mol. The van der Waals surface area contributed by atoms with E-state index < -0.39 is 11.9 Å². The summed E-state index contributed by atoms with van der Waals surface area (Å²) in [5.74, 6) is -1.42. The summed E-state index contributed by atoms with van der Waals surface area (Å²) < 4.78 is 0. The molecule has 0 radical (unpaired) electrons. The van der Waals surface area contributed by atoms with Gasteiger partial charge in [0.25, 0.3) is 5.91 Å². The lowest BCUT2D eigenvalue weighted by Gasteiger charge is -2.11. The van der Waals surface area contributed by atoms with Crippen LogP contribution in [0.1, 0.15) is 35.2 Å². The molecule has 0 bridgehead atoms. The maximum absolute atomic E-state index is 12.1. The second kappa shape index (κ2) is 6.76. The fourth-order valence-corrected chi connectivity index (χ4v) is 2.14. The largest absolute Gasteiger partial charge is 0.507 e. The highest BCUT2D eigenvalue weighted by Gasteiger charge is 2.12. The molecule has 2 aromatic carbocycles. The first-order valence-electron chi connectivity index (χ1n) is 6.88. The molecule has 22 heavy (non-hydrogen) atoms. The van der Waals surface area contributed by atoms with Crippen LogP contribution in [-0.2, 0) is 4.79 Å². The van der Waals surface area contributed by atoms with Crippen LogP contribution in [-0.4, -0.2) is 22.1 Å². The molecule has 0 aliphatic heterocycles. The molecule has 3 N–H and O–H groups in total. The third kappa shape index (κ3) is 3.85. The summed E-state index contributed by atoms with van der Waals surface area (Å²) >= 11 is 0. The number of benzene rings is 2. The molecule has 2 aromatic rings. The lowest BCUT2D eigenvalue weighted by atomic mass is 9.98. The van der Waals surface area contributed by atoms with Crippen molar-refractivity contribution >= 4 is 17.6 Å². The van der Waals surface area contributed by atoms with Crippen molar-refractivity contribution in [3.05, 3.63) is 59.7 Å². The molecule has 1 unspecified atom stereocenters. The highest BCUT2D eigenvalue weighted by atomic mass is 16.4. The highest BCUT2D eigenvalue weighted by Crippen LogP contribution is 2.22. The smallest absolute Gasteiger partial charge is 0.303 e. The molecule has 0 saturated heterocycles. The van der Waals surface area contributed by atoms with Crippen LogP contribution >= 0.6 is 0 Å². The summed E-state index contributed by atoms with van der Waals surface area (Å²) in [7, 11) is 0. The van der Waals surface area contributed by atoms with Crippen LogP contribution < -0.4 is 5.32 Å². The van der Waals surface area contributed by atoms with E-state index in [9.17, 15) is 14.7 Å². The molecule has 2 rings (SSSR count). The second-order valence-electron chi connectivity index (χ2n) is 5.09. The van der Waals surface area contributed by atoms with Crippen molar-refractivity contribution in [2.24, 2.45) is 0 Å². The van der Waals surface area contributed by atoms with Gasteiger partial charge in [0.05, 0.1) is 12.0 Å². The third-order valence-electron chi connectivity index (χ3n) is 3.37. The summed E-state index contributed by atoms with van der Waals surface area (Å²) in [4.78, 5) is 22.8. The summed E-state index contributed by atoms with van der Waals surface area (Å²) in [6.07, 6.45) is 0.0591. The lowest BCUT2D eigenvalue weighted by Crippen LogP contribution is -2.12. The number of carbonyl (C=O) groups is 2. The predicted octanol–water partition coefficient (Wildman–Crippen LogP) is 3.22. The van der Waals surface area contributed by atoms with Gasteiger partial charge >= 0.3 is 5.97 Å². The minimum absolute atomic E-state index is 0.0591. The number of rotatable bonds is 5. The quantitative estimate of drug-likeness (QED) is 0.791. The zero-order chi connectivity index (χ0) is 16.1. The van der Waals surface area contributed by atoms with Crippen LogP contribution in [0.5, 0.6) is 5.75 Å². The fourth-order valence-electron chi connectivity index (χ4n) is 2.14. The van der Waals surface area contributed by atoms with E-state index in [0.29, 0.717) is 5.69 Å². The Hall–Kier alpha value is -2.82. The van der Waals surface area contributed by atoms with Gasteiger partial charge in [-0.25, -0.2) is 0 Å². The van der Waals surface area contributed by atoms with Crippen molar-refractivity contribution in [3.63, 3.8) is 0 Å². The number of phenolic OH excluding ortho intramolecular Hbond substituents is 1. The van der Waals surface area contributed by atoms with Crippen molar-refractivity contribution in [2.75, 3.05) is 5.32 Å². The maximum Gasteiger partial charge on any atom is 0.303 e. The number of hydrogen-bond donors (Lipinski definition) is 3. The van der Waals surface area contributed by atoms with Crippen molar-refractivity contribution in [2.45, 2.75) is 19.3 Å². The number of carboxylic acid groups (broad SMARTS) is 1. The van der Waals surface area contributed by atoms with Crippen molar-refractivity contribution < 1.29 is 19.8 Å². The first-order valence-corrected chi connectivity index (χ1v) is 6.88. The molecular formula is C17H17NO4. The molecule has 1 atom stereocenters. The Bertz CT molecular complexity index is 679. The van der Waals surface area contributed by atoms with Gasteiger partial charge in [-0.05, 0) is 35.7 Å². The summed E-state index contributed by atoms with van der Waals surface area (Å²) in [5.41, 5.74) is 1.67. The molecule has 0 spiro atoms. The molecule has 0 aliphatic carbocycles. The van der Waals surface area contributed by atoms with Gasteiger partial charge < -0.3 is 15.5 Å². The summed E-state index contributed by atoms with van der Waals surface area (Å²) in [6.45, 7) is 1.84. The van der Waals surface area contributed by atoms with Crippen LogP contribution in [0.15, 0.2) is 48.5 Å². The molecule has 5 heteroatoms. The van der Waals surface area contributed by atoms with Gasteiger partial charge in [-0.2, -0.15) is 0 Å². The number of nitrogens with one attached hydrogen (secondary N) is 1. The van der Waals surface area contributed by atoms with Gasteiger partial charge in [-0.3, -0.25) is 9.59 Å². The summed E-state index contributed by atoms with van der Waals surface area (Å²) in [5, 5.41) is 21.1. The van der Waals surface area contributed by atoms with Gasteiger partial charge in [0.15, 0.2) is 0 Å². The van der Waals surface area contributed by atoms with Gasteiger partial charge in [-0.1, -0.05) is 31.2 Å². The van der Waals surface area contributed by atoms with Gasteiger partial charge in [0, 0.05) is 5.69 Å². The van der Waals surface area contributed by atoms with E-state index in [1.54, 1.807) is 36.4 Å². The minimum atomic E-state index is -0.843. The number of carboxylic acids is 1. The zero-order valence-corrected chi connectivity index (χ0v) is 12.1. The molecule has 0 aromatic heterocycles. The highest BCUT2D eigenvalue weighted by molar-refractivity contribution is 6.06. The maximum atomic E-state index is 12.1. The van der Waals surface area contributed by atoms with E-state index in [-0.39, 0.29) is 23.7 Å². The van der Waals surface area contributed by atoms with E-state index in [0.717, 1.165) is 5.56 Å². The minimum Gasteiger partial charge on any atom is -0.507 e. The Balaban J connectivity index is 2.07. The van der Waals surface area contributed by atoms with Crippen LogP contribution in [0.4, 0.5) is 5.69 Å². The number of phenols is 1. The molecule has 5 nitrogen and oxygen atoms in total. The number of carbonyl (C=O) groups excluding carboxylic acids is 1. The van der Waals surface area contributed by atoms with Crippen LogP contribution in [0.25, 0.3) is 0 Å². The monoisotopic (exact) mass is 299 g/mol. The Morgan fingerprint density at radius 1 is 1.09 bits per heavy atom. The van der Waals surface area contributed by atoms with Crippen LogP contribution in [0.2, 0.25) is 0 Å². The van der Waals surface area contributed by atoms with Gasteiger partial charge in [-0.15, -0.1) is 0 Å². The molecular weight excluding hydrogens is 282 g/mol. The molecule has 0 fully saturated rings. The summed E-state index contributed by atoms with van der Waals surface area (Å²) in [6, 6.07) is 13.3. The Labute approximate surface area is 128 Å². The van der Waals surface area contributed by atoms with Crippen molar-refractivity contribution in [1.29, 1.82) is 0 Å². The number of hydrogen-bond acceptors (Lipinski definition) is 3. The topological polar surface area (TPSA) is 86.6 Å². The van der Waals surface area contributed by atoms with Crippen LogP contribution in [0, 0.1) is 0 Å². The van der Waals surface area contributed by atoms with E-state index in [1.165, 1.54) is 12.1 Å². The van der Waals surface area contributed by atoms with Gasteiger partial charge in [0.2, 0.25) is 0 Å². The first kappa shape index (κ1) is 15.6. The van der Waals surface area contributed by atoms with E-state index in [4.69, 9.17) is 5.11 Å². The molecule has 114 valence electrons. The number of anilines is 1. The fraction of sp³-hybridized carbons (Fsp3) is 0.176. The molecule has 0 heterocycles. The Kier molecular flexibility index (Phi) is 4.78. The van der Waals surface area contributed by atoms with E-state index in [1.807, 2.05) is 6.92 Å². The van der Waals surface area contributed by atoms with E-state index >= 15 is 0 Å². The third-order valence-corrected chi connectivity index (χ3v) is 3.37. The van der Waals surface area contributed by atoms with Crippen molar-refractivity contribution in [1.82, 2.24) is 0 Å². The average molecular weight is 299 g/mol. The van der Waals surface area contributed by atoms with Crippen LogP contribution in [0.3, 0.4) is 0 Å². The Morgan fingerprint density at radius 2 is 1.73 bits per heavy atom. The van der Waals surface area contributed by atoms with Crippen molar-refractivity contribution in [3.8, 4) is 5.75 Å². The first-order chi connectivity index (χ1) is 10.5. The molecule has 0 saturated carbocycles. The van der Waals surface area contributed by atoms with Gasteiger partial charge in [0.1, 0.15) is 5.75 Å². The number of para-hydroxylation sites is 1. The normalized spacial score (nSPS) is 11.7. The lowest BCUT2D eigenvalue weighted by molar-refractivity contribution is -0.137. The molecule has 1 amide bonds. The average Bonchev–Trinajstić information content (AvgIpc) is 2.47. The number of amides is 1. The number of aliphatic carboxylic acids is 1. The SMILES string of the molecule is CC(CC(=O)O)c1ccc(NC(=O)c2ccccc2O)cc1. The Morgan fingerprint density at radius 3 is 2.32 bits per heavy atom.